The van der Waals surface area contributed by atoms with Gasteiger partial charge in [-0.2, -0.15) is 4.72 Å². The fourth-order valence-corrected chi connectivity index (χ4v) is 3.89. The van der Waals surface area contributed by atoms with Crippen molar-refractivity contribution in [2.45, 2.75) is 50.5 Å². The molecule has 0 bridgehead atoms. The first kappa shape index (κ1) is 16.9. The Kier molecular flexibility index (Phi) is 5.94. The van der Waals surface area contributed by atoms with Gasteiger partial charge in [-0.15, -0.1) is 0 Å². The normalized spacial score (nSPS) is 18.4. The minimum atomic E-state index is -3.73. The molecule has 0 amide bonds. The van der Waals surface area contributed by atoms with Crippen LogP contribution in [0.4, 0.5) is 0 Å². The number of methoxy groups -OCH3 is 1. The fourth-order valence-electron chi connectivity index (χ4n) is 2.37. The molecule has 1 saturated carbocycles. The third-order valence-corrected chi connectivity index (χ3v) is 5.02. The summed E-state index contributed by atoms with van der Waals surface area (Å²) < 4.78 is 30.6. The molecule has 7 nitrogen and oxygen atoms in total. The van der Waals surface area contributed by atoms with E-state index in [1.165, 1.54) is 7.11 Å². The van der Waals surface area contributed by atoms with Crippen LogP contribution in [0.2, 0.25) is 0 Å². The molecule has 0 aromatic heterocycles. The molecule has 1 aliphatic rings. The second kappa shape index (κ2) is 7.03. The van der Waals surface area contributed by atoms with Crippen molar-refractivity contribution in [3.05, 3.63) is 0 Å². The summed E-state index contributed by atoms with van der Waals surface area (Å²) in [6.45, 7) is 0. The summed E-state index contributed by atoms with van der Waals surface area (Å²) in [4.78, 5) is 22.3. The Hall–Kier alpha value is -1.15. The predicted octanol–water partition coefficient (Wildman–Crippen LogP) is 0.646. The highest BCUT2D eigenvalue weighted by Crippen LogP contribution is 2.29. The van der Waals surface area contributed by atoms with E-state index in [0.717, 1.165) is 6.42 Å². The second-order valence-electron chi connectivity index (χ2n) is 5.05. The zero-order valence-corrected chi connectivity index (χ0v) is 12.4. The highest BCUT2D eigenvalue weighted by atomic mass is 32.2. The molecule has 0 heterocycles. The molecule has 0 saturated heterocycles. The van der Waals surface area contributed by atoms with E-state index in [2.05, 4.69) is 9.46 Å². The van der Waals surface area contributed by atoms with Crippen LogP contribution in [0.25, 0.3) is 0 Å². The number of carbonyl (C=O) groups is 2. The molecule has 0 aromatic carbocycles. The fraction of sp³-hybridized carbons (Fsp3) is 0.833. The van der Waals surface area contributed by atoms with Gasteiger partial charge in [-0.3, -0.25) is 9.59 Å². The van der Waals surface area contributed by atoms with Crippen molar-refractivity contribution in [3.63, 3.8) is 0 Å². The number of esters is 1. The molecule has 8 heteroatoms. The Labute approximate surface area is 118 Å². The van der Waals surface area contributed by atoms with Gasteiger partial charge in [0.1, 0.15) is 5.54 Å². The van der Waals surface area contributed by atoms with Crippen molar-refractivity contribution in [2.75, 3.05) is 12.9 Å². The van der Waals surface area contributed by atoms with Crippen LogP contribution < -0.4 is 4.72 Å². The van der Waals surface area contributed by atoms with Gasteiger partial charge >= 0.3 is 11.9 Å². The van der Waals surface area contributed by atoms with Crippen molar-refractivity contribution in [3.8, 4) is 0 Å². The number of aliphatic carboxylic acids is 1. The lowest BCUT2D eigenvalue weighted by molar-refractivity contribution is -0.145. The van der Waals surface area contributed by atoms with Gasteiger partial charge in [0.25, 0.3) is 0 Å². The summed E-state index contributed by atoms with van der Waals surface area (Å²) in [6, 6.07) is 0. The molecule has 0 radical (unpaired) electrons. The molecule has 1 rings (SSSR count). The largest absolute Gasteiger partial charge is 0.480 e. The average Bonchev–Trinajstić information content (AvgIpc) is 2.38. The van der Waals surface area contributed by atoms with Crippen molar-refractivity contribution in [1.82, 2.24) is 4.72 Å². The van der Waals surface area contributed by atoms with Crippen LogP contribution in [0.3, 0.4) is 0 Å². The van der Waals surface area contributed by atoms with E-state index in [4.69, 9.17) is 0 Å². The molecule has 0 aliphatic heterocycles. The number of carbonyl (C=O) groups excluding carboxylic acids is 1. The van der Waals surface area contributed by atoms with E-state index >= 15 is 0 Å². The standard InChI is InChI=1S/C12H21NO6S/c1-19-10(14)6-5-9-20(17,18)13-12(11(15)16)7-3-2-4-8-12/h13H,2-9H2,1H3,(H,15,16). The van der Waals surface area contributed by atoms with Gasteiger partial charge in [-0.1, -0.05) is 19.3 Å². The van der Waals surface area contributed by atoms with Crippen molar-refractivity contribution < 1.29 is 27.9 Å². The maximum absolute atomic E-state index is 12.0. The van der Waals surface area contributed by atoms with Crippen LogP contribution in [-0.4, -0.2) is 43.9 Å². The Bertz CT molecular complexity index is 453. The van der Waals surface area contributed by atoms with Crippen molar-refractivity contribution >= 4 is 22.0 Å². The number of nitrogens with one attached hydrogen (secondary N) is 1. The highest BCUT2D eigenvalue weighted by Gasteiger charge is 2.42. The number of ether oxygens (including phenoxy) is 1. The quantitative estimate of drug-likeness (QED) is 0.668. The summed E-state index contributed by atoms with van der Waals surface area (Å²) >= 11 is 0. The molecule has 20 heavy (non-hydrogen) atoms. The van der Waals surface area contributed by atoms with Crippen molar-refractivity contribution in [1.29, 1.82) is 0 Å². The topological polar surface area (TPSA) is 110 Å². The maximum Gasteiger partial charge on any atom is 0.324 e. The number of hydrogen-bond donors (Lipinski definition) is 2. The van der Waals surface area contributed by atoms with E-state index in [1.54, 1.807) is 0 Å². The minimum absolute atomic E-state index is 0.00250. The lowest BCUT2D eigenvalue weighted by atomic mass is 9.83. The third-order valence-electron chi connectivity index (χ3n) is 3.49. The van der Waals surface area contributed by atoms with Crippen LogP contribution >= 0.6 is 0 Å². The van der Waals surface area contributed by atoms with Gasteiger partial charge in [0.05, 0.1) is 12.9 Å². The van der Waals surface area contributed by atoms with Gasteiger partial charge in [0, 0.05) is 6.42 Å². The summed E-state index contributed by atoms with van der Waals surface area (Å²) in [6.07, 6.45) is 3.01. The summed E-state index contributed by atoms with van der Waals surface area (Å²) in [5.74, 6) is -1.89. The van der Waals surface area contributed by atoms with Crippen LogP contribution in [-0.2, 0) is 24.3 Å². The summed E-state index contributed by atoms with van der Waals surface area (Å²) in [7, 11) is -2.49. The van der Waals surface area contributed by atoms with Crippen LogP contribution in [0.15, 0.2) is 0 Å². The Morgan fingerprint density at radius 2 is 1.85 bits per heavy atom. The molecular formula is C12H21NO6S. The summed E-state index contributed by atoms with van der Waals surface area (Å²) in [5, 5.41) is 9.30. The first-order valence-electron chi connectivity index (χ1n) is 6.63. The molecule has 1 aliphatic carbocycles. The molecule has 0 atom stereocenters. The number of carboxylic acids is 1. The lowest BCUT2D eigenvalue weighted by Crippen LogP contribution is -2.55. The van der Waals surface area contributed by atoms with Crippen LogP contribution in [0, 0.1) is 0 Å². The number of hydrogen-bond acceptors (Lipinski definition) is 5. The zero-order chi connectivity index (χ0) is 15.2. The Morgan fingerprint density at radius 1 is 1.25 bits per heavy atom. The van der Waals surface area contributed by atoms with Gasteiger partial charge in [-0.05, 0) is 19.3 Å². The maximum atomic E-state index is 12.0. The van der Waals surface area contributed by atoms with Crippen LogP contribution in [0.5, 0.6) is 0 Å². The van der Waals surface area contributed by atoms with Gasteiger partial charge in [0.2, 0.25) is 10.0 Å². The Morgan fingerprint density at radius 3 is 2.35 bits per heavy atom. The predicted molar refractivity (Wildman–Crippen MR) is 71.6 cm³/mol. The van der Waals surface area contributed by atoms with E-state index in [9.17, 15) is 23.1 Å². The smallest absolute Gasteiger partial charge is 0.324 e. The number of carboxylic acid groups (broad SMARTS) is 1. The van der Waals surface area contributed by atoms with Gasteiger partial charge < -0.3 is 9.84 Å². The van der Waals surface area contributed by atoms with Crippen LogP contribution in [0.1, 0.15) is 44.9 Å². The molecule has 0 aromatic rings. The minimum Gasteiger partial charge on any atom is -0.480 e. The SMILES string of the molecule is COC(=O)CCCS(=O)(=O)NC1(C(=O)O)CCCCC1. The zero-order valence-electron chi connectivity index (χ0n) is 11.6. The highest BCUT2D eigenvalue weighted by molar-refractivity contribution is 7.89. The van der Waals surface area contributed by atoms with Gasteiger partial charge in [0.15, 0.2) is 0 Å². The van der Waals surface area contributed by atoms with E-state index in [1.807, 2.05) is 0 Å². The first-order chi connectivity index (χ1) is 9.31. The van der Waals surface area contributed by atoms with Gasteiger partial charge in [-0.25, -0.2) is 8.42 Å². The van der Waals surface area contributed by atoms with E-state index in [-0.39, 0.29) is 18.6 Å². The molecule has 0 spiro atoms. The average molecular weight is 307 g/mol. The molecule has 116 valence electrons. The third kappa shape index (κ3) is 4.75. The lowest BCUT2D eigenvalue weighted by Gasteiger charge is -2.33. The van der Waals surface area contributed by atoms with E-state index in [0.29, 0.717) is 25.7 Å². The molecular weight excluding hydrogens is 286 g/mol. The van der Waals surface area contributed by atoms with Crippen molar-refractivity contribution in [2.24, 2.45) is 0 Å². The monoisotopic (exact) mass is 307 g/mol. The molecule has 0 unspecified atom stereocenters. The number of sulfonamides is 1. The molecule has 1 fully saturated rings. The molecule has 2 N–H and O–H groups in total. The first-order valence-corrected chi connectivity index (χ1v) is 8.28. The van der Waals surface area contributed by atoms with E-state index < -0.39 is 27.5 Å². The number of rotatable bonds is 7. The Balaban J connectivity index is 2.62. The second-order valence-corrected chi connectivity index (χ2v) is 6.89. The summed E-state index contributed by atoms with van der Waals surface area (Å²) in [5.41, 5.74) is -1.39.